The number of hydrogen-bond donors (Lipinski definition) is 0. The number of nitrogens with zero attached hydrogens (tertiary/aromatic N) is 4. The Labute approximate surface area is 352 Å². The fourth-order valence-corrected chi connectivity index (χ4v) is 9.25. The zero-order chi connectivity index (χ0) is 40.3. The Hall–Kier alpha value is -8.21. The number of pyridine rings is 1. The molecule has 0 N–H and O–H groups in total. The molecule has 0 saturated carbocycles. The number of fused-ring (bicyclic) bond motifs is 6. The molecule has 0 fully saturated rings. The molecule has 0 saturated heterocycles. The lowest BCUT2D eigenvalue weighted by atomic mass is 9.85. The SMILES string of the molecule is c1ccc(-c2c3ccccc3c(-c3ccccc3)c3cc(-c4nc(-c5ccc6ccccc6c5)cc(-c5ccc6c(c5)c5cnccc5n6-c5ccccc5)n4)ccc23)cc1. The van der Waals surface area contributed by atoms with E-state index in [9.17, 15) is 0 Å². The summed E-state index contributed by atoms with van der Waals surface area (Å²) in [6, 6.07) is 73.6. The number of para-hydroxylation sites is 1. The van der Waals surface area contributed by atoms with Crippen LogP contribution < -0.4 is 0 Å². The summed E-state index contributed by atoms with van der Waals surface area (Å²) < 4.78 is 2.31. The van der Waals surface area contributed by atoms with E-state index >= 15 is 0 Å². The van der Waals surface area contributed by atoms with E-state index in [1.54, 1.807) is 0 Å². The summed E-state index contributed by atoms with van der Waals surface area (Å²) in [7, 11) is 0. The van der Waals surface area contributed by atoms with Crippen molar-refractivity contribution in [1.82, 2.24) is 19.5 Å². The molecule has 0 aliphatic carbocycles. The van der Waals surface area contributed by atoms with E-state index in [4.69, 9.17) is 9.97 Å². The summed E-state index contributed by atoms with van der Waals surface area (Å²) in [6.07, 6.45) is 3.84. The summed E-state index contributed by atoms with van der Waals surface area (Å²) in [5.41, 5.74) is 12.8. The zero-order valence-electron chi connectivity index (χ0n) is 33.1. The molecule has 0 aliphatic heterocycles. The molecular weight excluding hydrogens is 741 g/mol. The van der Waals surface area contributed by atoms with E-state index in [-0.39, 0.29) is 0 Å². The summed E-state index contributed by atoms with van der Waals surface area (Å²) in [6.45, 7) is 0. The van der Waals surface area contributed by atoms with Crippen LogP contribution in [0.3, 0.4) is 0 Å². The smallest absolute Gasteiger partial charge is 0.160 e. The molecule has 0 amide bonds. The van der Waals surface area contributed by atoms with E-state index in [1.165, 1.54) is 49.2 Å². The zero-order valence-corrected chi connectivity index (χ0v) is 33.1. The van der Waals surface area contributed by atoms with Crippen LogP contribution in [-0.2, 0) is 0 Å². The molecule has 0 bridgehead atoms. The predicted molar refractivity (Wildman–Crippen MR) is 254 cm³/mol. The van der Waals surface area contributed by atoms with Crippen LogP contribution in [0.15, 0.2) is 219 Å². The van der Waals surface area contributed by atoms with Crippen molar-refractivity contribution in [3.63, 3.8) is 0 Å². The maximum absolute atomic E-state index is 5.43. The van der Waals surface area contributed by atoms with Crippen LogP contribution in [0, 0.1) is 0 Å². The van der Waals surface area contributed by atoms with Gasteiger partial charge in [-0.2, -0.15) is 0 Å². The van der Waals surface area contributed by atoms with E-state index in [2.05, 4.69) is 216 Å². The molecule has 12 rings (SSSR count). The minimum atomic E-state index is 0.671. The summed E-state index contributed by atoms with van der Waals surface area (Å²) in [5.74, 6) is 0.671. The first-order valence-corrected chi connectivity index (χ1v) is 20.7. The predicted octanol–water partition coefficient (Wildman–Crippen LogP) is 14.8. The van der Waals surface area contributed by atoms with Crippen LogP contribution in [0.5, 0.6) is 0 Å². The molecule has 3 aromatic heterocycles. The maximum Gasteiger partial charge on any atom is 0.160 e. The number of aromatic nitrogens is 4. The topological polar surface area (TPSA) is 43.6 Å². The molecule has 0 unspecified atom stereocenters. The lowest BCUT2D eigenvalue weighted by molar-refractivity contribution is 1.17. The third-order valence-electron chi connectivity index (χ3n) is 12.1. The fraction of sp³-hybridized carbons (Fsp3) is 0. The lowest BCUT2D eigenvalue weighted by Gasteiger charge is -2.18. The maximum atomic E-state index is 5.43. The van der Waals surface area contributed by atoms with Gasteiger partial charge in [0.25, 0.3) is 0 Å². The highest BCUT2D eigenvalue weighted by molar-refractivity contribution is 6.22. The Balaban J connectivity index is 1.12. The van der Waals surface area contributed by atoms with Crippen molar-refractivity contribution in [2.24, 2.45) is 0 Å². The Bertz CT molecular complexity index is 3630. The van der Waals surface area contributed by atoms with E-state index < -0.39 is 0 Å². The van der Waals surface area contributed by atoms with Crippen LogP contribution in [0.1, 0.15) is 0 Å². The van der Waals surface area contributed by atoms with Gasteiger partial charge in [-0.3, -0.25) is 4.98 Å². The van der Waals surface area contributed by atoms with Gasteiger partial charge in [-0.15, -0.1) is 0 Å². The molecule has 3 heterocycles. The van der Waals surface area contributed by atoms with Crippen molar-refractivity contribution in [2.45, 2.75) is 0 Å². The average Bonchev–Trinajstić information content (AvgIpc) is 3.67. The van der Waals surface area contributed by atoms with Crippen molar-refractivity contribution >= 4 is 54.1 Å². The van der Waals surface area contributed by atoms with Gasteiger partial charge in [0.1, 0.15) is 0 Å². The summed E-state index contributed by atoms with van der Waals surface area (Å²) >= 11 is 0. The molecule has 4 heteroatoms. The summed E-state index contributed by atoms with van der Waals surface area (Å²) in [5, 5.41) is 9.36. The highest BCUT2D eigenvalue weighted by Crippen LogP contribution is 2.45. The van der Waals surface area contributed by atoms with Crippen LogP contribution in [0.2, 0.25) is 0 Å². The van der Waals surface area contributed by atoms with E-state index in [1.807, 2.05) is 12.4 Å². The van der Waals surface area contributed by atoms with Crippen molar-refractivity contribution in [3.05, 3.63) is 219 Å². The van der Waals surface area contributed by atoms with Crippen LogP contribution in [0.25, 0.3) is 116 Å². The second-order valence-corrected chi connectivity index (χ2v) is 15.6. The Morgan fingerprint density at radius 2 is 0.869 bits per heavy atom. The fourth-order valence-electron chi connectivity index (χ4n) is 9.25. The average molecular weight is 777 g/mol. The number of benzene rings is 9. The van der Waals surface area contributed by atoms with Gasteiger partial charge < -0.3 is 4.57 Å². The molecular formula is C57H36N4. The molecule has 9 aromatic carbocycles. The van der Waals surface area contributed by atoms with Gasteiger partial charge in [0, 0.05) is 45.5 Å². The van der Waals surface area contributed by atoms with Crippen molar-refractivity contribution in [1.29, 1.82) is 0 Å². The molecule has 0 radical (unpaired) electrons. The van der Waals surface area contributed by atoms with Crippen LogP contribution >= 0.6 is 0 Å². The highest BCUT2D eigenvalue weighted by Gasteiger charge is 2.20. The number of hydrogen-bond acceptors (Lipinski definition) is 3. The Kier molecular flexibility index (Phi) is 8.13. The standard InChI is InChI=1S/C57H36N4/c1-4-15-38(16-5-1)55-45-22-12-13-23-46(45)56(39-17-6-2-7-18-39)49-34-43(26-28-47(49)55)57-59-51(41-25-24-37-14-10-11-19-40(37)32-41)35-52(60-57)42-27-29-53-48(33-42)50-36-58-31-30-54(50)61(53)44-20-8-3-9-21-44/h1-36H. The normalized spacial score (nSPS) is 11.6. The second kappa shape index (κ2) is 14.3. The molecule has 284 valence electrons. The number of rotatable bonds is 6. The quantitative estimate of drug-likeness (QED) is 0.158. The third-order valence-corrected chi connectivity index (χ3v) is 12.1. The van der Waals surface area contributed by atoms with Gasteiger partial charge in [-0.05, 0) is 103 Å². The first kappa shape index (κ1) is 34.8. The van der Waals surface area contributed by atoms with Crippen molar-refractivity contribution < 1.29 is 0 Å². The third kappa shape index (κ3) is 5.88. The Morgan fingerprint density at radius 1 is 0.328 bits per heavy atom. The molecule has 0 atom stereocenters. The lowest BCUT2D eigenvalue weighted by Crippen LogP contribution is -1.97. The van der Waals surface area contributed by atoms with Crippen molar-refractivity contribution in [3.8, 4) is 61.8 Å². The van der Waals surface area contributed by atoms with Gasteiger partial charge >= 0.3 is 0 Å². The van der Waals surface area contributed by atoms with Gasteiger partial charge in [0.15, 0.2) is 5.82 Å². The highest BCUT2D eigenvalue weighted by atomic mass is 15.0. The van der Waals surface area contributed by atoms with Gasteiger partial charge in [-0.1, -0.05) is 158 Å². The van der Waals surface area contributed by atoms with Gasteiger partial charge in [-0.25, -0.2) is 9.97 Å². The molecule has 0 spiro atoms. The second-order valence-electron chi connectivity index (χ2n) is 15.6. The minimum Gasteiger partial charge on any atom is -0.309 e. The van der Waals surface area contributed by atoms with Crippen molar-refractivity contribution in [2.75, 3.05) is 0 Å². The van der Waals surface area contributed by atoms with E-state index in [0.29, 0.717) is 5.82 Å². The first-order valence-electron chi connectivity index (χ1n) is 20.7. The van der Waals surface area contributed by atoms with Crippen LogP contribution in [0.4, 0.5) is 0 Å². The molecule has 0 aliphatic rings. The van der Waals surface area contributed by atoms with Gasteiger partial charge in [0.05, 0.1) is 22.4 Å². The Morgan fingerprint density at radius 3 is 1.59 bits per heavy atom. The van der Waals surface area contributed by atoms with Crippen LogP contribution in [-0.4, -0.2) is 19.5 Å². The largest absolute Gasteiger partial charge is 0.309 e. The van der Waals surface area contributed by atoms with Gasteiger partial charge in [0.2, 0.25) is 0 Å². The summed E-state index contributed by atoms with van der Waals surface area (Å²) in [4.78, 5) is 15.4. The monoisotopic (exact) mass is 776 g/mol. The first-order chi connectivity index (χ1) is 30.2. The van der Waals surface area contributed by atoms with E-state index in [0.717, 1.165) is 61.0 Å². The molecule has 12 aromatic rings. The molecule has 61 heavy (non-hydrogen) atoms. The molecule has 4 nitrogen and oxygen atoms in total. The minimum absolute atomic E-state index is 0.671.